The predicted octanol–water partition coefficient (Wildman–Crippen LogP) is 5.59. The van der Waals surface area contributed by atoms with Crippen molar-refractivity contribution in [2.75, 3.05) is 7.11 Å². The van der Waals surface area contributed by atoms with Gasteiger partial charge in [0.1, 0.15) is 6.61 Å². The third-order valence-corrected chi connectivity index (χ3v) is 4.88. The summed E-state index contributed by atoms with van der Waals surface area (Å²) >= 11 is 6.45. The number of benzene rings is 1. The van der Waals surface area contributed by atoms with Crippen molar-refractivity contribution in [3.8, 4) is 11.5 Å². The fourth-order valence-corrected chi connectivity index (χ4v) is 3.51. The van der Waals surface area contributed by atoms with Crippen molar-refractivity contribution >= 4 is 36.4 Å². The number of nitrogens with one attached hydrogen (secondary N) is 1. The molecule has 27 heavy (non-hydrogen) atoms. The van der Waals surface area contributed by atoms with Crippen LogP contribution in [0.15, 0.2) is 36.7 Å². The number of hydrogen-bond donors (Lipinski definition) is 1. The Balaban J connectivity index is 0.00000182. The fourth-order valence-electron chi connectivity index (χ4n) is 3.22. The molecule has 1 N–H and O–H groups in total. The largest absolute Gasteiger partial charge is 0.493 e. The lowest BCUT2D eigenvalue weighted by Gasteiger charge is -2.23. The maximum atomic E-state index is 6.45. The number of pyridine rings is 1. The minimum Gasteiger partial charge on any atom is -0.493 e. The molecule has 1 fully saturated rings. The molecule has 3 rings (SSSR count). The van der Waals surface area contributed by atoms with E-state index in [0.717, 1.165) is 17.7 Å². The highest BCUT2D eigenvalue weighted by atomic mass is 35.5. The normalized spacial score (nSPS) is 14.0. The van der Waals surface area contributed by atoms with Gasteiger partial charge in [-0.25, -0.2) is 0 Å². The van der Waals surface area contributed by atoms with Gasteiger partial charge in [-0.05, 0) is 36.6 Å². The van der Waals surface area contributed by atoms with E-state index in [4.69, 9.17) is 21.1 Å². The SMILES string of the molecule is COc1cc(CNC2CCCCC2)cc(Cl)c1OCc1cccnc1.Cl.Cl. The number of rotatable bonds is 7. The van der Waals surface area contributed by atoms with Gasteiger partial charge in [0.15, 0.2) is 11.5 Å². The summed E-state index contributed by atoms with van der Waals surface area (Å²) in [6.45, 7) is 1.20. The van der Waals surface area contributed by atoms with Crippen LogP contribution in [0.4, 0.5) is 0 Å². The van der Waals surface area contributed by atoms with Crippen LogP contribution in [0.25, 0.3) is 0 Å². The van der Waals surface area contributed by atoms with Crippen LogP contribution in [0.3, 0.4) is 0 Å². The van der Waals surface area contributed by atoms with E-state index < -0.39 is 0 Å². The lowest BCUT2D eigenvalue weighted by molar-refractivity contribution is 0.284. The third-order valence-electron chi connectivity index (χ3n) is 4.60. The molecule has 0 bridgehead atoms. The maximum absolute atomic E-state index is 6.45. The van der Waals surface area contributed by atoms with Gasteiger partial charge in [-0.2, -0.15) is 0 Å². The van der Waals surface area contributed by atoms with E-state index in [1.807, 2.05) is 24.3 Å². The number of halogens is 3. The van der Waals surface area contributed by atoms with E-state index in [1.54, 1.807) is 19.5 Å². The molecule has 0 radical (unpaired) electrons. The van der Waals surface area contributed by atoms with Crippen molar-refractivity contribution in [2.45, 2.75) is 51.3 Å². The summed E-state index contributed by atoms with van der Waals surface area (Å²) in [5.74, 6) is 1.24. The molecule has 4 nitrogen and oxygen atoms in total. The van der Waals surface area contributed by atoms with Crippen molar-refractivity contribution in [2.24, 2.45) is 0 Å². The van der Waals surface area contributed by atoms with E-state index >= 15 is 0 Å². The zero-order valence-corrected chi connectivity index (χ0v) is 17.8. The smallest absolute Gasteiger partial charge is 0.180 e. The lowest BCUT2D eigenvalue weighted by atomic mass is 9.95. The van der Waals surface area contributed by atoms with Gasteiger partial charge < -0.3 is 14.8 Å². The monoisotopic (exact) mass is 432 g/mol. The highest BCUT2D eigenvalue weighted by molar-refractivity contribution is 6.32. The Morgan fingerprint density at radius 3 is 2.59 bits per heavy atom. The molecule has 1 aliphatic carbocycles. The van der Waals surface area contributed by atoms with E-state index in [9.17, 15) is 0 Å². The van der Waals surface area contributed by atoms with Gasteiger partial charge in [-0.1, -0.05) is 36.9 Å². The van der Waals surface area contributed by atoms with Crippen LogP contribution in [0.5, 0.6) is 11.5 Å². The average Bonchev–Trinajstić information content (AvgIpc) is 2.66. The van der Waals surface area contributed by atoms with Crippen molar-refractivity contribution in [3.05, 3.63) is 52.8 Å². The van der Waals surface area contributed by atoms with Crippen molar-refractivity contribution in [1.82, 2.24) is 10.3 Å². The number of methoxy groups -OCH3 is 1. The first kappa shape index (κ1) is 23.8. The summed E-state index contributed by atoms with van der Waals surface area (Å²) in [6.07, 6.45) is 10.1. The van der Waals surface area contributed by atoms with Crippen molar-refractivity contribution in [1.29, 1.82) is 0 Å². The molecule has 1 aliphatic rings. The topological polar surface area (TPSA) is 43.4 Å². The molecule has 0 amide bonds. The van der Waals surface area contributed by atoms with Gasteiger partial charge in [0.25, 0.3) is 0 Å². The summed E-state index contributed by atoms with van der Waals surface area (Å²) in [6, 6.07) is 8.42. The van der Waals surface area contributed by atoms with E-state index in [2.05, 4.69) is 10.3 Å². The second-order valence-corrected chi connectivity index (χ2v) is 6.88. The molecule has 1 heterocycles. The molecule has 0 saturated heterocycles. The van der Waals surface area contributed by atoms with Crippen molar-refractivity contribution in [3.63, 3.8) is 0 Å². The Bertz CT molecular complexity index is 680. The van der Waals surface area contributed by atoms with Crippen LogP contribution in [0.2, 0.25) is 5.02 Å². The Labute approximate surface area is 178 Å². The first-order valence-electron chi connectivity index (χ1n) is 8.88. The number of nitrogens with zero attached hydrogens (tertiary/aromatic N) is 1. The van der Waals surface area contributed by atoms with Crippen LogP contribution in [-0.4, -0.2) is 18.1 Å². The molecule has 7 heteroatoms. The second-order valence-electron chi connectivity index (χ2n) is 6.47. The molecule has 0 atom stereocenters. The van der Waals surface area contributed by atoms with Crippen LogP contribution in [0, 0.1) is 0 Å². The fraction of sp³-hybridized carbons (Fsp3) is 0.450. The molecule has 0 unspecified atom stereocenters. The zero-order chi connectivity index (χ0) is 17.5. The predicted molar refractivity (Wildman–Crippen MR) is 115 cm³/mol. The quantitative estimate of drug-likeness (QED) is 0.618. The zero-order valence-electron chi connectivity index (χ0n) is 15.4. The van der Waals surface area contributed by atoms with E-state index in [-0.39, 0.29) is 24.8 Å². The van der Waals surface area contributed by atoms with Crippen LogP contribution in [-0.2, 0) is 13.2 Å². The third kappa shape index (κ3) is 7.04. The number of ether oxygens (including phenoxy) is 2. The van der Waals surface area contributed by atoms with Crippen molar-refractivity contribution < 1.29 is 9.47 Å². The Hall–Kier alpha value is -1.20. The van der Waals surface area contributed by atoms with Gasteiger partial charge in [0.2, 0.25) is 0 Å². The molecular formula is C20H27Cl3N2O2. The first-order chi connectivity index (χ1) is 12.3. The van der Waals surface area contributed by atoms with Gasteiger partial charge in [-0.3, -0.25) is 4.98 Å². The van der Waals surface area contributed by atoms with Crippen LogP contribution >= 0.6 is 36.4 Å². The van der Waals surface area contributed by atoms with Gasteiger partial charge >= 0.3 is 0 Å². The van der Waals surface area contributed by atoms with Gasteiger partial charge in [0.05, 0.1) is 12.1 Å². The maximum Gasteiger partial charge on any atom is 0.180 e. The molecule has 1 saturated carbocycles. The Morgan fingerprint density at radius 1 is 1.15 bits per heavy atom. The second kappa shape index (κ2) is 12.3. The van der Waals surface area contributed by atoms with Gasteiger partial charge in [0, 0.05) is 30.5 Å². The summed E-state index contributed by atoms with van der Waals surface area (Å²) in [4.78, 5) is 4.09. The molecule has 2 aromatic rings. The lowest BCUT2D eigenvalue weighted by Crippen LogP contribution is -2.30. The summed E-state index contributed by atoms with van der Waals surface area (Å²) < 4.78 is 11.4. The minimum atomic E-state index is 0. The molecule has 0 aliphatic heterocycles. The minimum absolute atomic E-state index is 0. The standard InChI is InChI=1S/C20H25ClN2O2.2ClH/c1-24-19-11-16(13-23-17-7-3-2-4-8-17)10-18(21)20(19)25-14-15-6-5-9-22-12-15;;/h5-6,9-12,17,23H,2-4,7-8,13-14H2,1H3;2*1H. The number of hydrogen-bond acceptors (Lipinski definition) is 4. The molecule has 1 aromatic carbocycles. The van der Waals surface area contributed by atoms with Crippen LogP contribution in [0.1, 0.15) is 43.2 Å². The highest BCUT2D eigenvalue weighted by Gasteiger charge is 2.15. The average molecular weight is 434 g/mol. The van der Waals surface area contributed by atoms with E-state index in [1.165, 1.54) is 32.1 Å². The summed E-state index contributed by atoms with van der Waals surface area (Å²) in [7, 11) is 1.64. The molecular weight excluding hydrogens is 407 g/mol. The van der Waals surface area contributed by atoms with Crippen LogP contribution < -0.4 is 14.8 Å². The number of aromatic nitrogens is 1. The molecule has 0 spiro atoms. The first-order valence-corrected chi connectivity index (χ1v) is 9.25. The summed E-state index contributed by atoms with van der Waals surface area (Å²) in [5.41, 5.74) is 2.10. The molecule has 150 valence electrons. The van der Waals surface area contributed by atoms with E-state index in [0.29, 0.717) is 29.2 Å². The summed E-state index contributed by atoms with van der Waals surface area (Å²) in [5, 5.41) is 4.20. The molecule has 1 aromatic heterocycles. The highest BCUT2D eigenvalue weighted by Crippen LogP contribution is 2.37. The Kier molecular flexibility index (Phi) is 10.9. The van der Waals surface area contributed by atoms with Gasteiger partial charge in [-0.15, -0.1) is 24.8 Å². The Morgan fingerprint density at radius 2 is 1.93 bits per heavy atom.